The van der Waals surface area contributed by atoms with E-state index < -0.39 is 97.5 Å². The van der Waals surface area contributed by atoms with Crippen LogP contribution in [0.25, 0.3) is 0 Å². The highest BCUT2D eigenvalue weighted by molar-refractivity contribution is 7.47. The SMILES string of the molecule is CCCCCCCCCCCCCCCCCCCC(=O)OC[C@H](COP(=O)(O)OC[C@@H](O)COP(=O)(O)OC[C@@H](COC(=O)CCCCCCCCC)OC(=O)CCCCCCCCCCCCC(C)CC)OC(=O)CCCCCCCCCCCCCCCCCCC(C)C. The first-order valence-corrected chi connectivity index (χ1v) is 43.5. The average molecular weight is 1420 g/mol. The molecule has 17 nitrogen and oxygen atoms in total. The van der Waals surface area contributed by atoms with Crippen molar-refractivity contribution in [2.45, 2.75) is 426 Å². The lowest BCUT2D eigenvalue weighted by molar-refractivity contribution is -0.161. The molecule has 0 aromatic carbocycles. The summed E-state index contributed by atoms with van der Waals surface area (Å²) in [5.41, 5.74) is 0. The Morgan fingerprint density at radius 2 is 0.526 bits per heavy atom. The van der Waals surface area contributed by atoms with Crippen molar-refractivity contribution in [1.29, 1.82) is 0 Å². The zero-order chi connectivity index (χ0) is 71.4. The van der Waals surface area contributed by atoms with Gasteiger partial charge >= 0.3 is 39.5 Å². The third-order valence-electron chi connectivity index (χ3n) is 18.6. The van der Waals surface area contributed by atoms with Crippen LogP contribution in [0.4, 0.5) is 0 Å². The number of unbranched alkanes of at least 4 members (excludes halogenated alkanes) is 46. The molecule has 3 unspecified atom stereocenters. The number of ether oxygens (including phenoxy) is 4. The van der Waals surface area contributed by atoms with E-state index in [1.807, 2.05) is 0 Å². The normalized spacial score (nSPS) is 14.2. The molecular formula is C78H152O17P2. The van der Waals surface area contributed by atoms with Crippen molar-refractivity contribution in [1.82, 2.24) is 0 Å². The lowest BCUT2D eigenvalue weighted by Crippen LogP contribution is -2.30. The molecule has 0 spiro atoms. The molecule has 0 bridgehead atoms. The zero-order valence-corrected chi connectivity index (χ0v) is 65.2. The molecule has 0 aromatic rings. The highest BCUT2D eigenvalue weighted by atomic mass is 31.2. The Hall–Kier alpha value is -1.94. The fourth-order valence-electron chi connectivity index (χ4n) is 12.0. The number of phosphoric acid groups is 2. The number of phosphoric ester groups is 2. The highest BCUT2D eigenvalue weighted by Crippen LogP contribution is 2.45. The fourth-order valence-corrected chi connectivity index (χ4v) is 13.6. The lowest BCUT2D eigenvalue weighted by atomic mass is 9.99. The maximum atomic E-state index is 13.1. The summed E-state index contributed by atoms with van der Waals surface area (Å²) in [6.07, 6.45) is 58.3. The maximum absolute atomic E-state index is 13.1. The molecule has 0 amide bonds. The largest absolute Gasteiger partial charge is 0.472 e. The molecule has 3 N–H and O–H groups in total. The second-order valence-electron chi connectivity index (χ2n) is 28.8. The minimum absolute atomic E-state index is 0.106. The summed E-state index contributed by atoms with van der Waals surface area (Å²) in [7, 11) is -9.91. The summed E-state index contributed by atoms with van der Waals surface area (Å²) < 4.78 is 68.5. The van der Waals surface area contributed by atoms with Crippen molar-refractivity contribution in [2.24, 2.45) is 11.8 Å². The van der Waals surface area contributed by atoms with Gasteiger partial charge in [-0.15, -0.1) is 0 Å². The van der Waals surface area contributed by atoms with E-state index in [4.69, 9.17) is 37.0 Å². The second-order valence-corrected chi connectivity index (χ2v) is 31.7. The van der Waals surface area contributed by atoms with Crippen LogP contribution >= 0.6 is 15.6 Å². The Labute approximate surface area is 594 Å². The number of rotatable bonds is 77. The van der Waals surface area contributed by atoms with E-state index in [1.54, 1.807) is 0 Å². The van der Waals surface area contributed by atoms with E-state index in [1.165, 1.54) is 212 Å². The first-order valence-electron chi connectivity index (χ1n) is 40.5. The summed E-state index contributed by atoms with van der Waals surface area (Å²) in [6, 6.07) is 0. The van der Waals surface area contributed by atoms with Gasteiger partial charge in [0.15, 0.2) is 12.2 Å². The fraction of sp³-hybridized carbons (Fsp3) is 0.949. The van der Waals surface area contributed by atoms with E-state index in [0.717, 1.165) is 115 Å². The van der Waals surface area contributed by atoms with E-state index in [0.29, 0.717) is 25.7 Å². The van der Waals surface area contributed by atoms with Crippen molar-refractivity contribution in [2.75, 3.05) is 39.6 Å². The van der Waals surface area contributed by atoms with E-state index in [2.05, 4.69) is 41.5 Å². The van der Waals surface area contributed by atoms with Crippen LogP contribution in [0.5, 0.6) is 0 Å². The number of aliphatic hydroxyl groups is 1. The van der Waals surface area contributed by atoms with Crippen molar-refractivity contribution < 1.29 is 80.2 Å². The summed E-state index contributed by atoms with van der Waals surface area (Å²) in [5.74, 6) is -0.504. The van der Waals surface area contributed by atoms with Gasteiger partial charge in [-0.3, -0.25) is 37.3 Å². The number of hydrogen-bond donors (Lipinski definition) is 3. The van der Waals surface area contributed by atoms with Gasteiger partial charge in [-0.2, -0.15) is 0 Å². The number of esters is 4. The van der Waals surface area contributed by atoms with Gasteiger partial charge < -0.3 is 33.8 Å². The number of carbonyl (C=O) groups is 4. The number of aliphatic hydroxyl groups excluding tert-OH is 1. The van der Waals surface area contributed by atoms with Crippen LogP contribution < -0.4 is 0 Å². The second kappa shape index (κ2) is 69.8. The smallest absolute Gasteiger partial charge is 0.462 e. The van der Waals surface area contributed by atoms with E-state index in [-0.39, 0.29) is 25.7 Å². The van der Waals surface area contributed by atoms with Crippen LogP contribution in [0.1, 0.15) is 408 Å². The van der Waals surface area contributed by atoms with Gasteiger partial charge in [0, 0.05) is 25.7 Å². The number of carbonyl (C=O) groups excluding carboxylic acids is 4. The molecule has 0 aromatic heterocycles. The minimum atomic E-state index is -4.96. The molecule has 0 aliphatic carbocycles. The molecule has 0 heterocycles. The molecule has 0 aliphatic rings. The monoisotopic (exact) mass is 1420 g/mol. The molecule has 6 atom stereocenters. The summed E-state index contributed by atoms with van der Waals surface area (Å²) in [6.45, 7) is 9.63. The predicted octanol–water partition coefficient (Wildman–Crippen LogP) is 23.1. The van der Waals surface area contributed by atoms with Crippen LogP contribution in [-0.4, -0.2) is 96.7 Å². The van der Waals surface area contributed by atoms with Gasteiger partial charge in [0.25, 0.3) is 0 Å². The Balaban J connectivity index is 5.19. The molecule has 0 saturated carbocycles. The maximum Gasteiger partial charge on any atom is 0.472 e. The quantitative estimate of drug-likeness (QED) is 0.0222. The standard InChI is InChI=1S/C78H152O17P2/c1-7-10-12-14-16-17-18-19-20-21-25-28-31-37-43-49-55-61-76(81)89-67-74(95-77(82)62-56-50-44-38-32-29-26-23-22-24-27-30-35-41-46-52-58-70(4)5)69-93-97(86,87)91-65-72(79)64-90-96(84,85)92-68-73(66-88-75(80)60-54-48-40-15-13-11-8-2)94-78(83)63-57-51-45-39-34-33-36-42-47-53-59-71(6)9-3/h70-74,79H,7-69H2,1-6H3,(H,84,85)(H,86,87)/t71?,72-,73+,74+/m0/s1. The molecule has 576 valence electrons. The third-order valence-corrected chi connectivity index (χ3v) is 20.5. The lowest BCUT2D eigenvalue weighted by Gasteiger charge is -2.21. The summed E-state index contributed by atoms with van der Waals surface area (Å²) >= 11 is 0. The molecule has 0 rings (SSSR count). The van der Waals surface area contributed by atoms with E-state index in [9.17, 15) is 43.2 Å². The molecule has 97 heavy (non-hydrogen) atoms. The topological polar surface area (TPSA) is 237 Å². The van der Waals surface area contributed by atoms with Gasteiger partial charge in [0.1, 0.15) is 19.3 Å². The molecule has 0 aliphatic heterocycles. The van der Waals surface area contributed by atoms with Crippen LogP contribution in [0.2, 0.25) is 0 Å². The molecule has 19 heteroatoms. The molecular weight excluding hydrogens is 1270 g/mol. The van der Waals surface area contributed by atoms with Crippen LogP contribution in [0.3, 0.4) is 0 Å². The summed E-state index contributed by atoms with van der Waals surface area (Å²) in [5, 5.41) is 10.6. The minimum Gasteiger partial charge on any atom is -0.462 e. The molecule has 0 saturated heterocycles. The van der Waals surface area contributed by atoms with Gasteiger partial charge in [-0.05, 0) is 37.5 Å². The van der Waals surface area contributed by atoms with E-state index >= 15 is 0 Å². The number of hydrogen-bond acceptors (Lipinski definition) is 15. The van der Waals surface area contributed by atoms with Gasteiger partial charge in [-0.25, -0.2) is 9.13 Å². The zero-order valence-electron chi connectivity index (χ0n) is 63.4. The average Bonchev–Trinajstić information content (AvgIpc) is 1.36. The van der Waals surface area contributed by atoms with Crippen molar-refractivity contribution in [3.05, 3.63) is 0 Å². The van der Waals surface area contributed by atoms with Crippen LogP contribution in [0, 0.1) is 11.8 Å². The summed E-state index contributed by atoms with van der Waals surface area (Å²) in [4.78, 5) is 72.8. The Morgan fingerprint density at radius 3 is 0.784 bits per heavy atom. The van der Waals surface area contributed by atoms with Crippen molar-refractivity contribution in [3.63, 3.8) is 0 Å². The first kappa shape index (κ1) is 95.1. The van der Waals surface area contributed by atoms with Gasteiger partial charge in [0.2, 0.25) is 0 Å². The highest BCUT2D eigenvalue weighted by Gasteiger charge is 2.30. The Morgan fingerprint density at radius 1 is 0.299 bits per heavy atom. The van der Waals surface area contributed by atoms with Crippen molar-refractivity contribution in [3.8, 4) is 0 Å². The predicted molar refractivity (Wildman–Crippen MR) is 395 cm³/mol. The molecule has 0 radical (unpaired) electrons. The van der Waals surface area contributed by atoms with Gasteiger partial charge in [0.05, 0.1) is 26.4 Å². The third kappa shape index (κ3) is 70.9. The van der Waals surface area contributed by atoms with Crippen molar-refractivity contribution >= 4 is 39.5 Å². The Bertz CT molecular complexity index is 1870. The van der Waals surface area contributed by atoms with Crippen LogP contribution in [0.15, 0.2) is 0 Å². The van der Waals surface area contributed by atoms with Gasteiger partial charge in [-0.1, -0.05) is 356 Å². The van der Waals surface area contributed by atoms with Crippen LogP contribution in [-0.2, 0) is 65.4 Å². The molecule has 0 fully saturated rings. The first-order chi connectivity index (χ1) is 46.9. The Kier molecular flexibility index (Phi) is 68.4.